The largest absolute Gasteiger partial charge is 0.481 e. The molecule has 2 aromatic carbocycles. The number of hydrogen-bond acceptors (Lipinski definition) is 1. The summed E-state index contributed by atoms with van der Waals surface area (Å²) in [5.74, 6) is 0.914. The fourth-order valence-corrected chi connectivity index (χ4v) is 3.96. The van der Waals surface area contributed by atoms with Crippen molar-refractivity contribution in [1.29, 1.82) is 0 Å². The Morgan fingerprint density at radius 1 is 0.833 bits per heavy atom. The normalized spacial score (nSPS) is 11.2. The second-order valence-electron chi connectivity index (χ2n) is 8.02. The Morgan fingerprint density at radius 3 is 2.30 bits per heavy atom. The van der Waals surface area contributed by atoms with E-state index in [4.69, 9.17) is 4.74 Å². The van der Waals surface area contributed by atoms with E-state index in [1.807, 2.05) is 6.07 Å². The average Bonchev–Trinajstić information content (AvgIpc) is 3.03. The van der Waals surface area contributed by atoms with E-state index in [1.165, 1.54) is 40.9 Å². The average molecular weight is 400 g/mol. The molecule has 0 N–H and O–H groups in total. The van der Waals surface area contributed by atoms with E-state index in [0.717, 1.165) is 24.4 Å². The lowest BCUT2D eigenvalue weighted by molar-refractivity contribution is -0.668. The van der Waals surface area contributed by atoms with Crippen molar-refractivity contribution in [3.8, 4) is 5.75 Å². The number of aryl methyl sites for hydroxylation is 2. The first-order chi connectivity index (χ1) is 14.7. The summed E-state index contributed by atoms with van der Waals surface area (Å²) in [7, 11) is 0. The molecule has 4 aromatic rings. The van der Waals surface area contributed by atoms with Crippen molar-refractivity contribution in [2.45, 2.75) is 53.2 Å². The van der Waals surface area contributed by atoms with Gasteiger partial charge in [0.25, 0.3) is 0 Å². The van der Waals surface area contributed by atoms with Crippen LogP contribution in [0.3, 0.4) is 0 Å². The van der Waals surface area contributed by atoms with Crippen molar-refractivity contribution in [2.24, 2.45) is 0 Å². The van der Waals surface area contributed by atoms with Gasteiger partial charge in [-0.3, -0.25) is 0 Å². The fourth-order valence-electron chi connectivity index (χ4n) is 3.96. The molecule has 0 bridgehead atoms. The molecule has 30 heavy (non-hydrogen) atoms. The van der Waals surface area contributed by atoms with Gasteiger partial charge in [-0.1, -0.05) is 67.9 Å². The van der Waals surface area contributed by atoms with Crippen LogP contribution in [-0.2, 0) is 19.6 Å². The molecule has 0 atom stereocenters. The molecule has 0 aliphatic heterocycles. The zero-order valence-corrected chi connectivity index (χ0v) is 18.3. The molecule has 0 spiro atoms. The van der Waals surface area contributed by atoms with E-state index >= 15 is 0 Å². The Labute approximate surface area is 179 Å². The summed E-state index contributed by atoms with van der Waals surface area (Å²) in [6.07, 6.45) is 5.77. The summed E-state index contributed by atoms with van der Waals surface area (Å²) in [4.78, 5) is 0. The van der Waals surface area contributed by atoms with E-state index in [1.54, 1.807) is 0 Å². The van der Waals surface area contributed by atoms with Crippen LogP contribution in [0.4, 0.5) is 0 Å². The van der Waals surface area contributed by atoms with Gasteiger partial charge in [-0.2, -0.15) is 4.40 Å². The number of pyridine rings is 1. The minimum Gasteiger partial charge on any atom is -0.481 e. The van der Waals surface area contributed by atoms with Crippen molar-refractivity contribution in [1.82, 2.24) is 4.40 Å². The molecule has 3 heteroatoms. The van der Waals surface area contributed by atoms with Crippen LogP contribution in [0, 0.1) is 13.8 Å². The quantitative estimate of drug-likeness (QED) is 0.342. The predicted molar refractivity (Wildman–Crippen MR) is 122 cm³/mol. The third-order valence-corrected chi connectivity index (χ3v) is 5.90. The maximum absolute atomic E-state index is 6.27. The molecule has 0 aliphatic carbocycles. The highest BCUT2D eigenvalue weighted by molar-refractivity contribution is 5.51. The summed E-state index contributed by atoms with van der Waals surface area (Å²) in [5, 5.41) is 0. The van der Waals surface area contributed by atoms with E-state index < -0.39 is 0 Å². The lowest BCUT2D eigenvalue weighted by Crippen LogP contribution is -2.36. The molecule has 0 saturated carbocycles. The van der Waals surface area contributed by atoms with Crippen LogP contribution in [0.2, 0.25) is 0 Å². The van der Waals surface area contributed by atoms with Crippen molar-refractivity contribution in [3.05, 3.63) is 101 Å². The van der Waals surface area contributed by atoms with Crippen molar-refractivity contribution < 1.29 is 9.30 Å². The Hall–Kier alpha value is -3.07. The molecule has 0 saturated heterocycles. The Balaban J connectivity index is 1.64. The molecular formula is C27H31N2O+. The van der Waals surface area contributed by atoms with Gasteiger partial charge in [0.15, 0.2) is 0 Å². The highest BCUT2D eigenvalue weighted by Crippen LogP contribution is 2.22. The van der Waals surface area contributed by atoms with Crippen LogP contribution in [0.1, 0.15) is 47.8 Å². The molecule has 4 rings (SSSR count). The summed E-state index contributed by atoms with van der Waals surface area (Å²) in [6.45, 7) is 8.01. The molecule has 0 amide bonds. The number of ether oxygens (including phenoxy) is 1. The van der Waals surface area contributed by atoms with Crippen molar-refractivity contribution >= 4 is 5.65 Å². The topological polar surface area (TPSA) is 17.5 Å². The first-order valence-corrected chi connectivity index (χ1v) is 10.9. The number of imidazole rings is 1. The minimum atomic E-state index is 0.565. The molecule has 0 fully saturated rings. The second-order valence-corrected chi connectivity index (χ2v) is 8.02. The Kier molecular flexibility index (Phi) is 6.18. The molecular weight excluding hydrogens is 368 g/mol. The minimum absolute atomic E-state index is 0.565. The molecule has 0 unspecified atom stereocenters. The van der Waals surface area contributed by atoms with Crippen LogP contribution in [-0.4, -0.2) is 4.40 Å². The van der Waals surface area contributed by atoms with Gasteiger partial charge >= 0.3 is 5.65 Å². The number of nitrogens with zero attached hydrogens (tertiary/aromatic N) is 2. The third-order valence-electron chi connectivity index (χ3n) is 5.90. The van der Waals surface area contributed by atoms with Crippen molar-refractivity contribution in [3.63, 3.8) is 0 Å². The van der Waals surface area contributed by atoms with Crippen LogP contribution in [0.25, 0.3) is 5.65 Å². The number of benzene rings is 2. The van der Waals surface area contributed by atoms with E-state index in [9.17, 15) is 0 Å². The van der Waals surface area contributed by atoms with Gasteiger partial charge in [0.1, 0.15) is 24.5 Å². The molecule has 3 nitrogen and oxygen atoms in total. The van der Waals surface area contributed by atoms with Crippen molar-refractivity contribution in [2.75, 3.05) is 0 Å². The van der Waals surface area contributed by atoms with E-state index in [0.29, 0.717) is 6.61 Å². The van der Waals surface area contributed by atoms with Gasteiger partial charge in [0.2, 0.25) is 5.75 Å². The fraction of sp³-hybridized carbons (Fsp3) is 0.296. The zero-order valence-electron chi connectivity index (χ0n) is 18.3. The number of aromatic nitrogens is 2. The first-order valence-electron chi connectivity index (χ1n) is 10.9. The maximum Gasteiger partial charge on any atom is 0.329 e. The zero-order chi connectivity index (χ0) is 20.9. The number of rotatable bonds is 8. The van der Waals surface area contributed by atoms with Gasteiger partial charge in [-0.05, 0) is 41.7 Å². The first kappa shape index (κ1) is 20.2. The third kappa shape index (κ3) is 4.25. The molecule has 0 aliphatic rings. The van der Waals surface area contributed by atoms with Gasteiger partial charge in [0, 0.05) is 13.8 Å². The molecule has 2 heterocycles. The van der Waals surface area contributed by atoms with Crippen LogP contribution in [0.5, 0.6) is 5.75 Å². The van der Waals surface area contributed by atoms with E-state index in [-0.39, 0.29) is 0 Å². The van der Waals surface area contributed by atoms with Gasteiger partial charge in [-0.25, -0.2) is 4.57 Å². The highest BCUT2D eigenvalue weighted by Gasteiger charge is 2.24. The number of unbranched alkanes of at least 4 members (excludes halogenated alkanes) is 1. The van der Waals surface area contributed by atoms with E-state index in [2.05, 4.69) is 96.6 Å². The lowest BCUT2D eigenvalue weighted by atomic mass is 10.1. The van der Waals surface area contributed by atoms with Crippen LogP contribution >= 0.6 is 0 Å². The SMILES string of the molecule is CCCCc1ccc(C[n+]2c(C)c(C)n3cccc(OCc4ccccc4)c32)cc1. The summed E-state index contributed by atoms with van der Waals surface area (Å²) < 4.78 is 10.9. The number of fused-ring (bicyclic) bond motifs is 1. The predicted octanol–water partition coefficient (Wildman–Crippen LogP) is 5.81. The highest BCUT2D eigenvalue weighted by atomic mass is 16.5. The monoisotopic (exact) mass is 399 g/mol. The standard InChI is InChI=1S/C27H31N2O/c1-4-5-10-23-14-16-24(17-15-23)19-29-22(3)21(2)28-18-9-13-26(27(28)29)30-20-25-11-7-6-8-12-25/h6-9,11-18H,4-5,10,19-20H2,1-3H3/q+1. The van der Waals surface area contributed by atoms with Gasteiger partial charge in [0.05, 0.1) is 6.20 Å². The Bertz CT molecular complexity index is 1110. The van der Waals surface area contributed by atoms with Gasteiger partial charge < -0.3 is 4.74 Å². The summed E-state index contributed by atoms with van der Waals surface area (Å²) >= 11 is 0. The number of hydrogen-bond donors (Lipinski definition) is 0. The summed E-state index contributed by atoms with van der Waals surface area (Å²) in [6, 6.07) is 23.6. The molecule has 154 valence electrons. The Morgan fingerprint density at radius 2 is 1.57 bits per heavy atom. The van der Waals surface area contributed by atoms with Crippen LogP contribution < -0.4 is 9.30 Å². The lowest BCUT2D eigenvalue weighted by Gasteiger charge is -2.08. The second kappa shape index (κ2) is 9.17. The molecule has 2 aromatic heterocycles. The summed E-state index contributed by atoms with van der Waals surface area (Å²) in [5.41, 5.74) is 7.53. The smallest absolute Gasteiger partial charge is 0.329 e. The molecule has 0 radical (unpaired) electrons. The van der Waals surface area contributed by atoms with Crippen LogP contribution in [0.15, 0.2) is 72.9 Å². The van der Waals surface area contributed by atoms with Gasteiger partial charge in [-0.15, -0.1) is 0 Å². The maximum atomic E-state index is 6.27.